The second-order valence-corrected chi connectivity index (χ2v) is 4.63. The second kappa shape index (κ2) is 4.80. The van der Waals surface area contributed by atoms with Gasteiger partial charge in [-0.2, -0.15) is 5.10 Å². The van der Waals surface area contributed by atoms with Crippen molar-refractivity contribution in [1.29, 1.82) is 0 Å². The molecule has 2 N–H and O–H groups in total. The summed E-state index contributed by atoms with van der Waals surface area (Å²) in [6, 6.07) is 8.27. The minimum atomic E-state index is 0.770. The Hall–Kier alpha value is -1.13. The number of aromatic nitrogens is 2. The Balaban J connectivity index is 2.50. The van der Waals surface area contributed by atoms with Crippen molar-refractivity contribution in [2.45, 2.75) is 13.5 Å². The fourth-order valence-corrected chi connectivity index (χ4v) is 2.20. The van der Waals surface area contributed by atoms with Gasteiger partial charge in [-0.1, -0.05) is 28.1 Å². The van der Waals surface area contributed by atoms with E-state index in [1.807, 2.05) is 26.1 Å². The Kier molecular flexibility index (Phi) is 3.41. The van der Waals surface area contributed by atoms with Crippen LogP contribution in [-0.2, 0) is 6.54 Å². The van der Waals surface area contributed by atoms with Gasteiger partial charge in [0.25, 0.3) is 0 Å². The summed E-state index contributed by atoms with van der Waals surface area (Å²) in [5.74, 6) is 0. The van der Waals surface area contributed by atoms with E-state index >= 15 is 0 Å². The highest BCUT2D eigenvalue weighted by molar-refractivity contribution is 9.10. The zero-order valence-electron chi connectivity index (χ0n) is 9.34. The van der Waals surface area contributed by atoms with Crippen molar-refractivity contribution < 1.29 is 0 Å². The van der Waals surface area contributed by atoms with Gasteiger partial charge in [0, 0.05) is 22.3 Å². The molecule has 2 rings (SSSR count). The smallest absolute Gasteiger partial charge is 0.0840 e. The lowest BCUT2D eigenvalue weighted by Gasteiger charge is -2.04. The molecule has 1 heterocycles. The van der Waals surface area contributed by atoms with Gasteiger partial charge in [-0.25, -0.2) is 0 Å². The van der Waals surface area contributed by atoms with E-state index in [1.165, 1.54) is 11.1 Å². The monoisotopic (exact) mass is 279 g/mol. The molecule has 1 aromatic heterocycles. The zero-order valence-corrected chi connectivity index (χ0v) is 10.9. The fourth-order valence-electron chi connectivity index (χ4n) is 1.80. The molecule has 0 aliphatic rings. The predicted molar refractivity (Wildman–Crippen MR) is 69.2 cm³/mol. The maximum atomic E-state index is 4.31. The molecule has 0 fully saturated rings. The molecule has 2 aromatic rings. The fraction of sp³-hybridized carbons (Fsp3) is 0.250. The minimum absolute atomic E-state index is 0.770. The lowest BCUT2D eigenvalue weighted by Crippen LogP contribution is -2.06. The van der Waals surface area contributed by atoms with Crippen molar-refractivity contribution in [3.63, 3.8) is 0 Å². The van der Waals surface area contributed by atoms with Gasteiger partial charge in [0.05, 0.1) is 5.69 Å². The second-order valence-electron chi connectivity index (χ2n) is 3.71. The van der Waals surface area contributed by atoms with Gasteiger partial charge in [-0.15, -0.1) is 0 Å². The minimum Gasteiger partial charge on any atom is -0.314 e. The Morgan fingerprint density at radius 2 is 2.25 bits per heavy atom. The van der Waals surface area contributed by atoms with Crippen LogP contribution in [0, 0.1) is 6.92 Å². The van der Waals surface area contributed by atoms with E-state index in [1.54, 1.807) is 0 Å². The Labute approximate surface area is 103 Å². The summed E-state index contributed by atoms with van der Waals surface area (Å²) < 4.78 is 1.08. The van der Waals surface area contributed by atoms with Crippen molar-refractivity contribution in [2.24, 2.45) is 0 Å². The van der Waals surface area contributed by atoms with E-state index in [0.717, 1.165) is 22.4 Å². The van der Waals surface area contributed by atoms with E-state index < -0.39 is 0 Å². The zero-order chi connectivity index (χ0) is 11.5. The number of aromatic amines is 1. The lowest BCUT2D eigenvalue weighted by atomic mass is 10.0. The quantitative estimate of drug-likeness (QED) is 0.907. The van der Waals surface area contributed by atoms with Crippen LogP contribution < -0.4 is 5.32 Å². The summed E-state index contributed by atoms with van der Waals surface area (Å²) in [5.41, 5.74) is 4.53. The molecule has 16 heavy (non-hydrogen) atoms. The average molecular weight is 280 g/mol. The third-order valence-corrected chi connectivity index (χ3v) is 2.97. The molecule has 0 aliphatic carbocycles. The predicted octanol–water partition coefficient (Wildman–Crippen LogP) is 2.87. The third-order valence-electron chi connectivity index (χ3n) is 2.48. The van der Waals surface area contributed by atoms with Crippen molar-refractivity contribution in [3.05, 3.63) is 40.1 Å². The van der Waals surface area contributed by atoms with E-state index in [9.17, 15) is 0 Å². The van der Waals surface area contributed by atoms with Crippen molar-refractivity contribution in [1.82, 2.24) is 15.5 Å². The van der Waals surface area contributed by atoms with Crippen LogP contribution in [0.25, 0.3) is 11.1 Å². The van der Waals surface area contributed by atoms with Crippen LogP contribution in [0.5, 0.6) is 0 Å². The molecule has 0 saturated carbocycles. The van der Waals surface area contributed by atoms with Gasteiger partial charge in [0.2, 0.25) is 0 Å². The van der Waals surface area contributed by atoms with E-state index in [4.69, 9.17) is 0 Å². The molecule has 0 aliphatic heterocycles. The molecular weight excluding hydrogens is 266 g/mol. The standard InChI is InChI=1S/C12H14BrN3/c1-8-12(11(7-14-2)16-15-8)9-4-3-5-10(13)6-9/h3-6,14H,7H2,1-2H3,(H,15,16). The molecule has 4 heteroatoms. The van der Waals surface area contributed by atoms with Gasteiger partial charge < -0.3 is 5.32 Å². The largest absolute Gasteiger partial charge is 0.314 e. The molecule has 0 amide bonds. The molecule has 0 radical (unpaired) electrons. The topological polar surface area (TPSA) is 40.7 Å². The normalized spacial score (nSPS) is 10.7. The number of nitrogens with one attached hydrogen (secondary N) is 2. The van der Waals surface area contributed by atoms with Crippen LogP contribution in [0.15, 0.2) is 28.7 Å². The summed E-state index contributed by atoms with van der Waals surface area (Å²) >= 11 is 3.49. The molecule has 0 unspecified atom stereocenters. The summed E-state index contributed by atoms with van der Waals surface area (Å²) in [5, 5.41) is 10.5. The van der Waals surface area contributed by atoms with Crippen molar-refractivity contribution in [2.75, 3.05) is 7.05 Å². The first-order valence-electron chi connectivity index (χ1n) is 5.16. The first-order valence-corrected chi connectivity index (χ1v) is 5.96. The summed E-state index contributed by atoms with van der Waals surface area (Å²) in [4.78, 5) is 0. The number of benzene rings is 1. The summed E-state index contributed by atoms with van der Waals surface area (Å²) in [7, 11) is 1.93. The van der Waals surface area contributed by atoms with Crippen LogP contribution in [0.3, 0.4) is 0 Å². The van der Waals surface area contributed by atoms with Crippen molar-refractivity contribution in [3.8, 4) is 11.1 Å². The molecule has 0 bridgehead atoms. The Bertz CT molecular complexity index is 491. The van der Waals surface area contributed by atoms with Crippen LogP contribution >= 0.6 is 15.9 Å². The van der Waals surface area contributed by atoms with E-state index in [2.05, 4.69) is 43.6 Å². The van der Waals surface area contributed by atoms with Gasteiger partial charge in [-0.3, -0.25) is 5.10 Å². The number of hydrogen-bond acceptors (Lipinski definition) is 2. The number of aryl methyl sites for hydroxylation is 1. The maximum Gasteiger partial charge on any atom is 0.0840 e. The molecule has 0 atom stereocenters. The highest BCUT2D eigenvalue weighted by Gasteiger charge is 2.11. The Morgan fingerprint density at radius 1 is 1.44 bits per heavy atom. The molecule has 0 spiro atoms. The first-order chi connectivity index (χ1) is 7.72. The van der Waals surface area contributed by atoms with Crippen LogP contribution in [0.4, 0.5) is 0 Å². The van der Waals surface area contributed by atoms with Crippen LogP contribution in [0.2, 0.25) is 0 Å². The molecule has 84 valence electrons. The van der Waals surface area contributed by atoms with Crippen LogP contribution in [0.1, 0.15) is 11.4 Å². The number of halogens is 1. The SMILES string of the molecule is CNCc1n[nH]c(C)c1-c1cccc(Br)c1. The van der Waals surface area contributed by atoms with Gasteiger partial charge in [-0.05, 0) is 31.7 Å². The lowest BCUT2D eigenvalue weighted by molar-refractivity contribution is 0.785. The molecule has 1 aromatic carbocycles. The highest BCUT2D eigenvalue weighted by atomic mass is 79.9. The molecule has 3 nitrogen and oxygen atoms in total. The highest BCUT2D eigenvalue weighted by Crippen LogP contribution is 2.27. The number of rotatable bonds is 3. The van der Waals surface area contributed by atoms with Gasteiger partial charge >= 0.3 is 0 Å². The van der Waals surface area contributed by atoms with E-state index in [-0.39, 0.29) is 0 Å². The van der Waals surface area contributed by atoms with E-state index in [0.29, 0.717) is 0 Å². The maximum absolute atomic E-state index is 4.31. The van der Waals surface area contributed by atoms with Gasteiger partial charge in [0.1, 0.15) is 0 Å². The van der Waals surface area contributed by atoms with Crippen LogP contribution in [-0.4, -0.2) is 17.2 Å². The first kappa shape index (κ1) is 11.4. The number of H-pyrrole nitrogens is 1. The van der Waals surface area contributed by atoms with Crippen molar-refractivity contribution >= 4 is 15.9 Å². The average Bonchev–Trinajstić information content (AvgIpc) is 2.60. The Morgan fingerprint density at radius 3 is 2.94 bits per heavy atom. The molecule has 0 saturated heterocycles. The van der Waals surface area contributed by atoms with Gasteiger partial charge in [0.15, 0.2) is 0 Å². The summed E-state index contributed by atoms with van der Waals surface area (Å²) in [6.45, 7) is 2.81. The number of hydrogen-bond donors (Lipinski definition) is 2. The molecular formula is C12H14BrN3. The third kappa shape index (κ3) is 2.18. The summed E-state index contributed by atoms with van der Waals surface area (Å²) in [6.07, 6.45) is 0. The number of nitrogens with zero attached hydrogens (tertiary/aromatic N) is 1.